The lowest BCUT2D eigenvalue weighted by Crippen LogP contribution is -2.16. The van der Waals surface area contributed by atoms with Gasteiger partial charge in [-0.05, 0) is 67.6 Å². The van der Waals surface area contributed by atoms with Gasteiger partial charge in [-0.3, -0.25) is 14.1 Å². The molecule has 0 bridgehead atoms. The fourth-order valence-corrected chi connectivity index (χ4v) is 6.02. The van der Waals surface area contributed by atoms with E-state index in [-0.39, 0.29) is 16.6 Å². The zero-order chi connectivity index (χ0) is 30.2. The number of carbonyl (C=O) groups excluding carboxylic acids is 1. The number of aryl methyl sites for hydroxylation is 1. The van der Waals surface area contributed by atoms with Gasteiger partial charge in [0.05, 0.1) is 30.0 Å². The predicted molar refractivity (Wildman–Crippen MR) is 169 cm³/mol. The van der Waals surface area contributed by atoms with Crippen LogP contribution in [0.2, 0.25) is 0 Å². The summed E-state index contributed by atoms with van der Waals surface area (Å²) in [7, 11) is -2.15. The van der Waals surface area contributed by atoms with Crippen LogP contribution in [0.1, 0.15) is 11.4 Å². The average molecular weight is 615 g/mol. The largest absolute Gasteiger partial charge is 0.495 e. The zero-order valence-electron chi connectivity index (χ0n) is 23.5. The van der Waals surface area contributed by atoms with Crippen molar-refractivity contribution in [2.75, 3.05) is 28.2 Å². The molecule has 0 atom stereocenters. The van der Waals surface area contributed by atoms with E-state index >= 15 is 0 Å². The molecule has 0 saturated carbocycles. The van der Waals surface area contributed by atoms with E-state index in [1.54, 1.807) is 31.4 Å². The number of rotatable bonds is 12. The SMILES string of the molecule is COc1ccccc1NCc1nnc(SCC(=O)Nc2ccc(S(=O)(=O)Nc3ccc(C)cc3)cc2)n1-c1ccccc1. The predicted octanol–water partition coefficient (Wildman–Crippen LogP) is 5.73. The van der Waals surface area contributed by atoms with Crippen LogP contribution in [0.3, 0.4) is 0 Å². The molecule has 5 aromatic rings. The van der Waals surface area contributed by atoms with Gasteiger partial charge in [-0.25, -0.2) is 8.42 Å². The van der Waals surface area contributed by atoms with Gasteiger partial charge < -0.3 is 15.4 Å². The van der Waals surface area contributed by atoms with E-state index in [0.29, 0.717) is 34.6 Å². The van der Waals surface area contributed by atoms with E-state index in [2.05, 4.69) is 25.6 Å². The number of thioether (sulfide) groups is 1. The van der Waals surface area contributed by atoms with Crippen molar-refractivity contribution in [1.82, 2.24) is 14.8 Å². The second kappa shape index (κ2) is 13.4. The first-order valence-corrected chi connectivity index (χ1v) is 15.8. The van der Waals surface area contributed by atoms with Crippen LogP contribution in [0.15, 0.2) is 113 Å². The van der Waals surface area contributed by atoms with Gasteiger partial charge in [0.2, 0.25) is 5.91 Å². The molecule has 1 aromatic heterocycles. The van der Waals surface area contributed by atoms with Crippen LogP contribution in [0.25, 0.3) is 5.69 Å². The molecule has 10 nitrogen and oxygen atoms in total. The van der Waals surface area contributed by atoms with Crippen molar-refractivity contribution in [3.63, 3.8) is 0 Å². The minimum atomic E-state index is -3.77. The Morgan fingerprint density at radius 1 is 0.860 bits per heavy atom. The molecule has 0 saturated heterocycles. The Morgan fingerprint density at radius 3 is 2.26 bits per heavy atom. The summed E-state index contributed by atoms with van der Waals surface area (Å²) in [5.41, 5.74) is 3.67. The summed E-state index contributed by atoms with van der Waals surface area (Å²) in [5.74, 6) is 1.18. The van der Waals surface area contributed by atoms with Gasteiger partial charge in [-0.2, -0.15) is 0 Å². The van der Waals surface area contributed by atoms with Gasteiger partial charge in [0, 0.05) is 17.1 Å². The van der Waals surface area contributed by atoms with Crippen molar-refractivity contribution in [3.8, 4) is 11.4 Å². The minimum absolute atomic E-state index is 0.0694. The van der Waals surface area contributed by atoms with Crippen molar-refractivity contribution in [2.24, 2.45) is 0 Å². The molecule has 3 N–H and O–H groups in total. The van der Waals surface area contributed by atoms with Crippen molar-refractivity contribution in [1.29, 1.82) is 0 Å². The summed E-state index contributed by atoms with van der Waals surface area (Å²) in [6.45, 7) is 2.31. The Hall–Kier alpha value is -4.81. The summed E-state index contributed by atoms with van der Waals surface area (Å²) in [6.07, 6.45) is 0. The molecule has 5 rings (SSSR count). The first-order chi connectivity index (χ1) is 20.8. The van der Waals surface area contributed by atoms with Gasteiger partial charge in [0.25, 0.3) is 10.0 Å². The average Bonchev–Trinajstić information content (AvgIpc) is 3.43. The fourth-order valence-electron chi connectivity index (χ4n) is 4.19. The van der Waals surface area contributed by atoms with Gasteiger partial charge in [-0.1, -0.05) is 59.8 Å². The topological polar surface area (TPSA) is 127 Å². The van der Waals surface area contributed by atoms with Crippen LogP contribution in [-0.4, -0.2) is 42.0 Å². The third-order valence-electron chi connectivity index (χ3n) is 6.34. The highest BCUT2D eigenvalue weighted by molar-refractivity contribution is 7.99. The zero-order valence-corrected chi connectivity index (χ0v) is 25.2. The monoisotopic (exact) mass is 614 g/mol. The Balaban J connectivity index is 1.23. The van der Waals surface area contributed by atoms with Crippen molar-refractivity contribution in [3.05, 3.63) is 115 Å². The number of nitrogens with zero attached hydrogens (tertiary/aromatic N) is 3. The molecule has 0 aliphatic heterocycles. The Labute approximate surface area is 254 Å². The van der Waals surface area contributed by atoms with E-state index in [0.717, 1.165) is 16.9 Å². The van der Waals surface area contributed by atoms with Gasteiger partial charge in [0.15, 0.2) is 11.0 Å². The Kier molecular flexibility index (Phi) is 9.28. The van der Waals surface area contributed by atoms with Crippen LogP contribution in [0.5, 0.6) is 5.75 Å². The number of hydrogen-bond donors (Lipinski definition) is 3. The highest BCUT2D eigenvalue weighted by Crippen LogP contribution is 2.26. The summed E-state index contributed by atoms with van der Waals surface area (Å²) in [4.78, 5) is 12.9. The molecule has 220 valence electrons. The number of para-hydroxylation sites is 3. The molecule has 43 heavy (non-hydrogen) atoms. The summed E-state index contributed by atoms with van der Waals surface area (Å²) < 4.78 is 35.4. The molecule has 0 radical (unpaired) electrons. The second-order valence-corrected chi connectivity index (χ2v) is 12.1. The quantitative estimate of drug-likeness (QED) is 0.152. The number of nitrogens with one attached hydrogen (secondary N) is 3. The number of anilines is 3. The summed E-state index contributed by atoms with van der Waals surface area (Å²) >= 11 is 1.25. The van der Waals surface area contributed by atoms with Crippen molar-refractivity contribution in [2.45, 2.75) is 23.5 Å². The smallest absolute Gasteiger partial charge is 0.261 e. The number of aromatic nitrogens is 3. The number of methoxy groups -OCH3 is 1. The highest BCUT2D eigenvalue weighted by Gasteiger charge is 2.18. The maximum Gasteiger partial charge on any atom is 0.261 e. The van der Waals surface area contributed by atoms with Gasteiger partial charge >= 0.3 is 0 Å². The van der Waals surface area contributed by atoms with E-state index in [4.69, 9.17) is 4.74 Å². The highest BCUT2D eigenvalue weighted by atomic mass is 32.2. The van der Waals surface area contributed by atoms with Crippen LogP contribution in [0, 0.1) is 6.92 Å². The number of amides is 1. The molecular weight excluding hydrogens is 585 g/mol. The molecule has 12 heteroatoms. The fraction of sp³-hybridized carbons (Fsp3) is 0.129. The number of sulfonamides is 1. The summed E-state index contributed by atoms with van der Waals surface area (Å²) in [6, 6.07) is 30.4. The standard InChI is InChI=1S/C31H30N6O4S2/c1-22-12-14-24(15-13-22)36-43(39,40)26-18-16-23(17-19-26)33-30(38)21-42-31-35-34-29(37(31)25-8-4-3-5-9-25)20-32-27-10-6-7-11-28(27)41-2/h3-19,32,36H,20-21H2,1-2H3,(H,33,38). The lowest BCUT2D eigenvalue weighted by atomic mass is 10.2. The van der Waals surface area contributed by atoms with Crippen LogP contribution >= 0.6 is 11.8 Å². The van der Waals surface area contributed by atoms with E-state index in [9.17, 15) is 13.2 Å². The second-order valence-electron chi connectivity index (χ2n) is 9.46. The third kappa shape index (κ3) is 7.53. The number of ether oxygens (including phenoxy) is 1. The lowest BCUT2D eigenvalue weighted by molar-refractivity contribution is -0.113. The maximum absolute atomic E-state index is 12.8. The molecule has 0 spiro atoms. The van der Waals surface area contributed by atoms with Crippen LogP contribution < -0.4 is 20.1 Å². The van der Waals surface area contributed by atoms with Gasteiger partial charge in [0.1, 0.15) is 5.75 Å². The lowest BCUT2D eigenvalue weighted by Gasteiger charge is -2.13. The number of carbonyl (C=O) groups is 1. The Morgan fingerprint density at radius 2 is 1.53 bits per heavy atom. The van der Waals surface area contributed by atoms with E-state index < -0.39 is 10.0 Å². The molecule has 0 fully saturated rings. The maximum atomic E-state index is 12.8. The molecule has 4 aromatic carbocycles. The molecule has 0 aliphatic carbocycles. The first-order valence-electron chi connectivity index (χ1n) is 13.3. The van der Waals surface area contributed by atoms with Crippen LogP contribution in [-0.2, 0) is 21.4 Å². The number of hydrogen-bond acceptors (Lipinski definition) is 8. The minimum Gasteiger partial charge on any atom is -0.495 e. The van der Waals surface area contributed by atoms with E-state index in [1.807, 2.05) is 78.2 Å². The van der Waals surface area contributed by atoms with Crippen molar-refractivity contribution < 1.29 is 17.9 Å². The molecule has 0 unspecified atom stereocenters. The van der Waals surface area contributed by atoms with Crippen molar-refractivity contribution >= 4 is 44.8 Å². The van der Waals surface area contributed by atoms with Gasteiger partial charge in [-0.15, -0.1) is 10.2 Å². The first kappa shape index (κ1) is 29.7. The van der Waals surface area contributed by atoms with E-state index in [1.165, 1.54) is 23.9 Å². The normalized spacial score (nSPS) is 11.1. The number of benzene rings is 4. The molecular formula is C31H30N6O4S2. The molecule has 1 heterocycles. The third-order valence-corrected chi connectivity index (χ3v) is 8.67. The summed E-state index contributed by atoms with van der Waals surface area (Å²) in [5, 5.41) is 15.5. The Bertz CT molecular complexity index is 1790. The van der Waals surface area contributed by atoms with Crippen LogP contribution in [0.4, 0.5) is 17.1 Å². The molecule has 1 amide bonds. The molecule has 0 aliphatic rings.